The summed E-state index contributed by atoms with van der Waals surface area (Å²) in [6.45, 7) is 1.82. The molecular formula is C13H13Cl2N3O. The van der Waals surface area contributed by atoms with Crippen LogP contribution in [0.15, 0.2) is 18.2 Å². The molecule has 0 radical (unpaired) electrons. The molecule has 0 saturated carbocycles. The van der Waals surface area contributed by atoms with E-state index in [1.54, 1.807) is 29.9 Å². The fraction of sp³-hybridized carbons (Fsp3) is 0.231. The summed E-state index contributed by atoms with van der Waals surface area (Å²) in [6, 6.07) is 4.83. The van der Waals surface area contributed by atoms with Crippen LogP contribution in [-0.4, -0.2) is 15.6 Å². The second kappa shape index (κ2) is 5.23. The zero-order valence-corrected chi connectivity index (χ0v) is 12.1. The summed E-state index contributed by atoms with van der Waals surface area (Å²) in [6.07, 6.45) is 0.171. The molecule has 0 atom stereocenters. The number of hydrogen-bond acceptors (Lipinski definition) is 3. The first-order valence-electron chi connectivity index (χ1n) is 5.66. The van der Waals surface area contributed by atoms with Gasteiger partial charge in [-0.05, 0) is 25.1 Å². The van der Waals surface area contributed by atoms with Gasteiger partial charge in [0.25, 0.3) is 0 Å². The standard InChI is InChI=1S/C13H13Cl2N3O/c1-7-10(13(15)18(2)17-7)6-12(19)9-4-3-8(14)5-11(9)16/h3-5H,6,16H2,1-2H3. The van der Waals surface area contributed by atoms with E-state index in [1.807, 2.05) is 6.92 Å². The van der Waals surface area contributed by atoms with E-state index in [0.717, 1.165) is 11.3 Å². The van der Waals surface area contributed by atoms with Crippen molar-refractivity contribution in [1.29, 1.82) is 0 Å². The highest BCUT2D eigenvalue weighted by Crippen LogP contribution is 2.23. The number of halogens is 2. The monoisotopic (exact) mass is 297 g/mol. The van der Waals surface area contributed by atoms with Gasteiger partial charge in [-0.2, -0.15) is 5.10 Å². The fourth-order valence-corrected chi connectivity index (χ4v) is 2.34. The van der Waals surface area contributed by atoms with Gasteiger partial charge in [0.1, 0.15) is 5.15 Å². The Bertz CT molecular complexity index is 650. The van der Waals surface area contributed by atoms with E-state index in [1.165, 1.54) is 0 Å². The van der Waals surface area contributed by atoms with Crippen LogP contribution in [0.1, 0.15) is 21.6 Å². The van der Waals surface area contributed by atoms with Gasteiger partial charge < -0.3 is 5.73 Å². The first kappa shape index (κ1) is 13.9. The third-order valence-electron chi connectivity index (χ3n) is 2.92. The zero-order valence-electron chi connectivity index (χ0n) is 10.6. The topological polar surface area (TPSA) is 60.9 Å². The van der Waals surface area contributed by atoms with E-state index in [4.69, 9.17) is 28.9 Å². The second-order valence-corrected chi connectivity index (χ2v) is 5.10. The molecule has 0 aliphatic rings. The van der Waals surface area contributed by atoms with Crippen molar-refractivity contribution in [3.8, 4) is 0 Å². The molecule has 0 unspecified atom stereocenters. The zero-order chi connectivity index (χ0) is 14.2. The van der Waals surface area contributed by atoms with Crippen LogP contribution >= 0.6 is 23.2 Å². The lowest BCUT2D eigenvalue weighted by atomic mass is 10.0. The molecule has 1 aromatic heterocycles. The summed E-state index contributed by atoms with van der Waals surface area (Å²) in [5, 5.41) is 5.15. The van der Waals surface area contributed by atoms with Crippen molar-refractivity contribution < 1.29 is 4.79 Å². The molecule has 1 heterocycles. The van der Waals surface area contributed by atoms with Gasteiger partial charge in [-0.1, -0.05) is 23.2 Å². The van der Waals surface area contributed by atoms with Gasteiger partial charge in [0, 0.05) is 35.3 Å². The van der Waals surface area contributed by atoms with Crippen LogP contribution in [0.25, 0.3) is 0 Å². The first-order valence-corrected chi connectivity index (χ1v) is 6.42. The quantitative estimate of drug-likeness (QED) is 0.700. The summed E-state index contributed by atoms with van der Waals surface area (Å²) in [4.78, 5) is 12.2. The van der Waals surface area contributed by atoms with Crippen molar-refractivity contribution >= 4 is 34.7 Å². The third-order valence-corrected chi connectivity index (χ3v) is 3.63. The van der Waals surface area contributed by atoms with Crippen molar-refractivity contribution in [2.75, 3.05) is 5.73 Å². The molecule has 0 bridgehead atoms. The smallest absolute Gasteiger partial charge is 0.169 e. The number of Topliss-reactive ketones (excluding diaryl/α,β-unsaturated/α-hetero) is 1. The van der Waals surface area contributed by atoms with Gasteiger partial charge in [-0.25, -0.2) is 0 Å². The molecule has 0 spiro atoms. The molecule has 4 nitrogen and oxygen atoms in total. The number of ketones is 1. The normalized spacial score (nSPS) is 10.7. The largest absolute Gasteiger partial charge is 0.398 e. The predicted molar refractivity (Wildman–Crippen MR) is 76.9 cm³/mol. The minimum absolute atomic E-state index is 0.104. The molecule has 19 heavy (non-hydrogen) atoms. The van der Waals surface area contributed by atoms with Crippen molar-refractivity contribution in [2.45, 2.75) is 13.3 Å². The second-order valence-electron chi connectivity index (χ2n) is 4.31. The molecule has 0 saturated heterocycles. The van der Waals surface area contributed by atoms with E-state index in [9.17, 15) is 4.79 Å². The Morgan fingerprint density at radius 1 is 1.42 bits per heavy atom. The Hall–Kier alpha value is -1.52. The van der Waals surface area contributed by atoms with Gasteiger partial charge in [0.2, 0.25) is 0 Å². The Morgan fingerprint density at radius 3 is 2.63 bits per heavy atom. The Balaban J connectivity index is 2.31. The molecule has 6 heteroatoms. The van der Waals surface area contributed by atoms with E-state index in [-0.39, 0.29) is 12.2 Å². The van der Waals surface area contributed by atoms with E-state index < -0.39 is 0 Å². The minimum Gasteiger partial charge on any atom is -0.398 e. The Morgan fingerprint density at radius 2 is 2.11 bits per heavy atom. The van der Waals surface area contributed by atoms with Crippen LogP contribution in [-0.2, 0) is 13.5 Å². The van der Waals surface area contributed by atoms with Crippen molar-refractivity contribution in [1.82, 2.24) is 9.78 Å². The van der Waals surface area contributed by atoms with Gasteiger partial charge in [-0.3, -0.25) is 9.48 Å². The number of aryl methyl sites for hydroxylation is 2. The highest BCUT2D eigenvalue weighted by atomic mass is 35.5. The lowest BCUT2D eigenvalue weighted by Gasteiger charge is -2.05. The summed E-state index contributed by atoms with van der Waals surface area (Å²) in [7, 11) is 1.74. The number of nitrogens with zero attached hydrogens (tertiary/aromatic N) is 2. The number of carbonyl (C=O) groups is 1. The van der Waals surface area contributed by atoms with E-state index in [2.05, 4.69) is 5.10 Å². The number of aromatic nitrogens is 2. The molecule has 2 N–H and O–H groups in total. The maximum Gasteiger partial charge on any atom is 0.169 e. The van der Waals surface area contributed by atoms with Crippen molar-refractivity contribution in [3.05, 3.63) is 45.2 Å². The predicted octanol–water partition coefficient (Wildman–Crippen LogP) is 3.04. The van der Waals surface area contributed by atoms with Crippen molar-refractivity contribution in [2.24, 2.45) is 7.05 Å². The lowest BCUT2D eigenvalue weighted by molar-refractivity contribution is 0.0993. The van der Waals surface area contributed by atoms with Gasteiger partial charge >= 0.3 is 0 Å². The van der Waals surface area contributed by atoms with Crippen molar-refractivity contribution in [3.63, 3.8) is 0 Å². The Labute approximate surface area is 121 Å². The summed E-state index contributed by atoms with van der Waals surface area (Å²) in [5.41, 5.74) is 8.09. The van der Waals surface area contributed by atoms with Crippen LogP contribution in [0.3, 0.4) is 0 Å². The van der Waals surface area contributed by atoms with Gasteiger partial charge in [-0.15, -0.1) is 0 Å². The number of anilines is 1. The lowest BCUT2D eigenvalue weighted by Crippen LogP contribution is -2.07. The van der Waals surface area contributed by atoms with Crippen LogP contribution in [0.4, 0.5) is 5.69 Å². The number of rotatable bonds is 3. The third kappa shape index (κ3) is 2.74. The molecule has 0 fully saturated rings. The van der Waals surface area contributed by atoms with E-state index >= 15 is 0 Å². The molecule has 1 aromatic carbocycles. The minimum atomic E-state index is -0.104. The van der Waals surface area contributed by atoms with Crippen LogP contribution in [0, 0.1) is 6.92 Å². The van der Waals surface area contributed by atoms with Crippen LogP contribution in [0.2, 0.25) is 10.2 Å². The molecule has 0 aliphatic carbocycles. The number of hydrogen-bond donors (Lipinski definition) is 1. The molecule has 0 aliphatic heterocycles. The molecule has 2 rings (SSSR count). The number of nitrogens with two attached hydrogens (primary N) is 1. The number of benzene rings is 1. The van der Waals surface area contributed by atoms with Crippen LogP contribution in [0.5, 0.6) is 0 Å². The average molecular weight is 298 g/mol. The van der Waals surface area contributed by atoms with Gasteiger partial charge in [0.05, 0.1) is 5.69 Å². The SMILES string of the molecule is Cc1nn(C)c(Cl)c1CC(=O)c1ccc(Cl)cc1N. The fourth-order valence-electron chi connectivity index (χ4n) is 1.92. The highest BCUT2D eigenvalue weighted by molar-refractivity contribution is 6.31. The first-order chi connectivity index (χ1) is 8.90. The maximum absolute atomic E-state index is 12.2. The van der Waals surface area contributed by atoms with Crippen LogP contribution < -0.4 is 5.73 Å². The molecule has 100 valence electrons. The summed E-state index contributed by atoms with van der Waals surface area (Å²) in [5.74, 6) is -0.104. The summed E-state index contributed by atoms with van der Waals surface area (Å²) >= 11 is 11.9. The number of nitrogen functional groups attached to an aromatic ring is 1. The maximum atomic E-state index is 12.2. The molecule has 0 amide bonds. The molecule has 2 aromatic rings. The highest BCUT2D eigenvalue weighted by Gasteiger charge is 2.17. The molecular weight excluding hydrogens is 285 g/mol. The van der Waals surface area contributed by atoms with Gasteiger partial charge in [0.15, 0.2) is 5.78 Å². The summed E-state index contributed by atoms with van der Waals surface area (Å²) < 4.78 is 1.55. The Kier molecular flexibility index (Phi) is 3.83. The number of carbonyl (C=O) groups excluding carboxylic acids is 1. The average Bonchev–Trinajstić information content (AvgIpc) is 2.56. The van der Waals surface area contributed by atoms with E-state index in [0.29, 0.717) is 21.4 Å².